The van der Waals surface area contributed by atoms with Gasteiger partial charge in [-0.3, -0.25) is 0 Å². The first-order chi connectivity index (χ1) is 7.67. The van der Waals surface area contributed by atoms with Gasteiger partial charge in [0.25, 0.3) is 6.02 Å². The van der Waals surface area contributed by atoms with Crippen molar-refractivity contribution in [2.45, 2.75) is 31.7 Å². The van der Waals surface area contributed by atoms with E-state index in [9.17, 15) is 0 Å². The Hall–Kier alpha value is -1.51. The molecule has 0 amide bonds. The zero-order chi connectivity index (χ0) is 11.2. The van der Waals surface area contributed by atoms with Gasteiger partial charge in [-0.15, -0.1) is 0 Å². The summed E-state index contributed by atoms with van der Waals surface area (Å²) in [5, 5.41) is 0. The number of ether oxygens (including phenoxy) is 1. The van der Waals surface area contributed by atoms with Crippen LogP contribution < -0.4 is 5.73 Å². The van der Waals surface area contributed by atoms with Gasteiger partial charge in [-0.1, -0.05) is 23.8 Å². The third kappa shape index (κ3) is 1.47. The largest absolute Gasteiger partial charge is 0.463 e. The van der Waals surface area contributed by atoms with E-state index in [1.165, 1.54) is 16.7 Å². The molecule has 0 aromatic heterocycles. The van der Waals surface area contributed by atoms with Gasteiger partial charge in [0.05, 0.1) is 0 Å². The van der Waals surface area contributed by atoms with Crippen molar-refractivity contribution < 1.29 is 4.74 Å². The monoisotopic (exact) mass is 216 g/mol. The highest BCUT2D eigenvalue weighted by Crippen LogP contribution is 2.34. The molecule has 3 rings (SSSR count). The average Bonchev–Trinajstić information content (AvgIpc) is 2.59. The van der Waals surface area contributed by atoms with Crippen molar-refractivity contribution in [2.75, 3.05) is 6.61 Å². The lowest BCUT2D eigenvalue weighted by molar-refractivity contribution is 0.235. The highest BCUT2D eigenvalue weighted by atomic mass is 16.5. The van der Waals surface area contributed by atoms with Crippen LogP contribution in [0, 0.1) is 6.92 Å². The molecule has 1 atom stereocenters. The first kappa shape index (κ1) is 9.70. The zero-order valence-corrected chi connectivity index (χ0v) is 9.49. The summed E-state index contributed by atoms with van der Waals surface area (Å²) in [6.07, 6.45) is 3.09. The molecule has 3 heteroatoms. The summed E-state index contributed by atoms with van der Waals surface area (Å²) in [7, 11) is 0. The van der Waals surface area contributed by atoms with Crippen LogP contribution in [0.3, 0.4) is 0 Å². The van der Waals surface area contributed by atoms with Crippen LogP contribution in [0.25, 0.3) is 0 Å². The highest BCUT2D eigenvalue weighted by molar-refractivity contribution is 5.74. The Kier molecular flexibility index (Phi) is 1.96. The van der Waals surface area contributed by atoms with Crippen molar-refractivity contribution >= 4 is 6.02 Å². The molecule has 1 aromatic rings. The number of amidine groups is 1. The van der Waals surface area contributed by atoms with E-state index in [1.54, 1.807) is 0 Å². The smallest absolute Gasteiger partial charge is 0.282 e. The number of nitrogens with two attached hydrogens (primary N) is 1. The van der Waals surface area contributed by atoms with E-state index in [0.29, 0.717) is 12.6 Å². The number of hydrogen-bond donors (Lipinski definition) is 1. The lowest BCUT2D eigenvalue weighted by Crippen LogP contribution is -2.35. The van der Waals surface area contributed by atoms with E-state index in [0.717, 1.165) is 19.3 Å². The van der Waals surface area contributed by atoms with Crippen molar-refractivity contribution in [3.05, 3.63) is 34.9 Å². The zero-order valence-electron chi connectivity index (χ0n) is 9.49. The summed E-state index contributed by atoms with van der Waals surface area (Å²) in [5.74, 6) is 0. The summed E-state index contributed by atoms with van der Waals surface area (Å²) in [5.41, 5.74) is 9.72. The Morgan fingerprint density at radius 2 is 2.25 bits per heavy atom. The van der Waals surface area contributed by atoms with Crippen LogP contribution >= 0.6 is 0 Å². The van der Waals surface area contributed by atoms with E-state index in [1.807, 2.05) is 0 Å². The quantitative estimate of drug-likeness (QED) is 0.715. The standard InChI is InChI=1S/C13H16N2O/c1-9-2-3-10-4-5-13(7-11(10)6-9)8-16-12(14)15-13/h2-3,6H,4-5,7-8H2,1H3,(H2,14,15). The molecule has 2 N–H and O–H groups in total. The third-order valence-corrected chi connectivity index (χ3v) is 3.58. The van der Waals surface area contributed by atoms with Crippen molar-refractivity contribution in [3.63, 3.8) is 0 Å². The molecule has 1 heterocycles. The lowest BCUT2D eigenvalue weighted by atomic mass is 9.78. The second-order valence-corrected chi connectivity index (χ2v) is 4.91. The van der Waals surface area contributed by atoms with Gasteiger partial charge in [0, 0.05) is 6.42 Å². The maximum Gasteiger partial charge on any atom is 0.282 e. The van der Waals surface area contributed by atoms with Crippen LogP contribution in [0.15, 0.2) is 23.2 Å². The van der Waals surface area contributed by atoms with Gasteiger partial charge < -0.3 is 10.5 Å². The fraction of sp³-hybridized carbons (Fsp3) is 0.462. The molecule has 0 radical (unpaired) electrons. The number of nitrogens with zero attached hydrogens (tertiary/aromatic N) is 1. The van der Waals surface area contributed by atoms with E-state index in [4.69, 9.17) is 10.5 Å². The van der Waals surface area contributed by atoms with Gasteiger partial charge in [-0.2, -0.15) is 0 Å². The molecular formula is C13H16N2O. The van der Waals surface area contributed by atoms with Crippen LogP contribution in [0.2, 0.25) is 0 Å². The van der Waals surface area contributed by atoms with Gasteiger partial charge in [0.2, 0.25) is 0 Å². The maximum atomic E-state index is 5.62. The Bertz CT molecular complexity index is 467. The third-order valence-electron chi connectivity index (χ3n) is 3.58. The molecule has 1 spiro atoms. The normalized spacial score (nSPS) is 27.4. The van der Waals surface area contributed by atoms with Gasteiger partial charge in [-0.25, -0.2) is 4.99 Å². The van der Waals surface area contributed by atoms with Crippen molar-refractivity contribution in [1.29, 1.82) is 0 Å². The maximum absolute atomic E-state index is 5.62. The minimum atomic E-state index is -0.0785. The topological polar surface area (TPSA) is 47.6 Å². The minimum absolute atomic E-state index is 0.0785. The summed E-state index contributed by atoms with van der Waals surface area (Å²) < 4.78 is 5.32. The number of aryl methyl sites for hydroxylation is 2. The van der Waals surface area contributed by atoms with Crippen LogP contribution in [0.1, 0.15) is 23.1 Å². The summed E-state index contributed by atoms with van der Waals surface area (Å²) in [4.78, 5) is 4.48. The van der Waals surface area contributed by atoms with Gasteiger partial charge in [0.15, 0.2) is 0 Å². The van der Waals surface area contributed by atoms with Crippen LogP contribution in [0.4, 0.5) is 0 Å². The fourth-order valence-corrected chi connectivity index (χ4v) is 2.70. The molecule has 2 aliphatic rings. The van der Waals surface area contributed by atoms with Gasteiger partial charge in [-0.05, 0) is 30.9 Å². The summed E-state index contributed by atoms with van der Waals surface area (Å²) in [6, 6.07) is 7.04. The number of benzene rings is 1. The van der Waals surface area contributed by atoms with E-state index >= 15 is 0 Å². The number of fused-ring (bicyclic) bond motifs is 1. The molecule has 0 fully saturated rings. The molecule has 1 aliphatic heterocycles. The number of hydrogen-bond acceptors (Lipinski definition) is 3. The van der Waals surface area contributed by atoms with Gasteiger partial charge >= 0.3 is 0 Å². The van der Waals surface area contributed by atoms with Crippen LogP contribution in [-0.4, -0.2) is 18.2 Å². The molecule has 1 aliphatic carbocycles. The molecule has 0 saturated heterocycles. The Morgan fingerprint density at radius 1 is 1.38 bits per heavy atom. The molecule has 84 valence electrons. The molecular weight excluding hydrogens is 200 g/mol. The average molecular weight is 216 g/mol. The lowest BCUT2D eigenvalue weighted by Gasteiger charge is -2.30. The SMILES string of the molecule is Cc1ccc2c(c1)CC1(CC2)COC(N)=N1. The number of rotatable bonds is 0. The highest BCUT2D eigenvalue weighted by Gasteiger charge is 2.39. The van der Waals surface area contributed by atoms with Crippen molar-refractivity contribution in [2.24, 2.45) is 10.7 Å². The first-order valence-corrected chi connectivity index (χ1v) is 5.73. The van der Waals surface area contributed by atoms with Crippen molar-refractivity contribution in [3.8, 4) is 0 Å². The second kappa shape index (κ2) is 3.24. The van der Waals surface area contributed by atoms with E-state index in [2.05, 4.69) is 30.1 Å². The molecule has 1 aromatic carbocycles. The molecule has 0 saturated carbocycles. The Labute approximate surface area is 95.3 Å². The Balaban J connectivity index is 1.97. The molecule has 0 bridgehead atoms. The van der Waals surface area contributed by atoms with Crippen molar-refractivity contribution in [1.82, 2.24) is 0 Å². The predicted molar refractivity (Wildman–Crippen MR) is 63.5 cm³/mol. The second-order valence-electron chi connectivity index (χ2n) is 4.91. The molecule has 1 unspecified atom stereocenters. The fourth-order valence-electron chi connectivity index (χ4n) is 2.70. The number of aliphatic imine (C=N–C) groups is 1. The first-order valence-electron chi connectivity index (χ1n) is 5.73. The molecule has 16 heavy (non-hydrogen) atoms. The van der Waals surface area contributed by atoms with Crippen LogP contribution in [-0.2, 0) is 17.6 Å². The summed E-state index contributed by atoms with van der Waals surface area (Å²) >= 11 is 0. The molecule has 3 nitrogen and oxygen atoms in total. The van der Waals surface area contributed by atoms with E-state index in [-0.39, 0.29) is 5.54 Å². The minimum Gasteiger partial charge on any atom is -0.463 e. The van der Waals surface area contributed by atoms with Gasteiger partial charge in [0.1, 0.15) is 12.1 Å². The summed E-state index contributed by atoms with van der Waals surface area (Å²) in [6.45, 7) is 2.77. The predicted octanol–water partition coefficient (Wildman–Crippen LogP) is 1.57. The van der Waals surface area contributed by atoms with E-state index < -0.39 is 0 Å². The Morgan fingerprint density at radius 3 is 3.00 bits per heavy atom. The van der Waals surface area contributed by atoms with Crippen LogP contribution in [0.5, 0.6) is 0 Å².